The highest BCUT2D eigenvalue weighted by atomic mass is 35.5. The molecule has 0 amide bonds. The number of aromatic nitrogens is 1. The van der Waals surface area contributed by atoms with Gasteiger partial charge in [0, 0.05) is 0 Å². The number of nitrogens with one attached hydrogen (secondary N) is 1. The van der Waals surface area contributed by atoms with Crippen LogP contribution in [0.15, 0.2) is 30.3 Å². The third-order valence-electron chi connectivity index (χ3n) is 2.50. The van der Waals surface area contributed by atoms with Gasteiger partial charge in [0.2, 0.25) is 0 Å². The van der Waals surface area contributed by atoms with E-state index in [1.165, 1.54) is 12.1 Å². The highest BCUT2D eigenvalue weighted by Gasteiger charge is 2.08. The molecule has 0 aliphatic heterocycles. The number of carboxylic acids is 1. The van der Waals surface area contributed by atoms with Gasteiger partial charge in [-0.3, -0.25) is 0 Å². The molecule has 104 valence electrons. The number of anilines is 1. The molecule has 1 aromatic heterocycles. The van der Waals surface area contributed by atoms with Crippen LogP contribution in [0.3, 0.4) is 0 Å². The molecule has 0 saturated heterocycles. The van der Waals surface area contributed by atoms with Gasteiger partial charge in [0.15, 0.2) is 0 Å². The minimum atomic E-state index is -1.07. The quantitative estimate of drug-likeness (QED) is 0.818. The molecule has 1 heterocycles. The first-order chi connectivity index (χ1) is 9.47. The van der Waals surface area contributed by atoms with E-state index in [-0.39, 0.29) is 5.69 Å². The summed E-state index contributed by atoms with van der Waals surface area (Å²) in [5, 5.41) is 13.1. The molecule has 0 fully saturated rings. The lowest BCUT2D eigenvalue weighted by atomic mass is 10.2. The molecule has 2 rings (SSSR count). The van der Waals surface area contributed by atoms with Crippen molar-refractivity contribution in [1.82, 2.24) is 4.98 Å². The van der Waals surface area contributed by atoms with Gasteiger partial charge in [-0.15, -0.1) is 0 Å². The molecule has 0 bridgehead atoms. The Morgan fingerprint density at radius 1 is 1.15 bits per heavy atom. The van der Waals surface area contributed by atoms with E-state index in [2.05, 4.69) is 10.3 Å². The van der Waals surface area contributed by atoms with Crippen LogP contribution >= 0.6 is 34.8 Å². The van der Waals surface area contributed by atoms with Gasteiger partial charge in [0.05, 0.1) is 33.0 Å². The number of hydrogen-bond acceptors (Lipinski definition) is 3. The Morgan fingerprint density at radius 3 is 2.55 bits per heavy atom. The second-order valence-corrected chi connectivity index (χ2v) is 5.14. The summed E-state index contributed by atoms with van der Waals surface area (Å²) < 4.78 is 0. The fourth-order valence-corrected chi connectivity index (χ4v) is 2.15. The Hall–Kier alpha value is -1.49. The van der Waals surface area contributed by atoms with Gasteiger partial charge in [-0.2, -0.15) is 0 Å². The first-order valence-corrected chi connectivity index (χ1v) is 6.68. The fraction of sp³-hybridized carbons (Fsp3) is 0.0769. The van der Waals surface area contributed by atoms with Crippen molar-refractivity contribution in [3.05, 3.63) is 56.8 Å². The first-order valence-electron chi connectivity index (χ1n) is 5.55. The van der Waals surface area contributed by atoms with E-state index in [0.29, 0.717) is 33.0 Å². The lowest BCUT2D eigenvalue weighted by Gasteiger charge is -2.09. The highest BCUT2D eigenvalue weighted by Crippen LogP contribution is 2.32. The van der Waals surface area contributed by atoms with Crippen LogP contribution in [0.5, 0.6) is 0 Å². The van der Waals surface area contributed by atoms with Crippen LogP contribution in [0.1, 0.15) is 16.2 Å². The van der Waals surface area contributed by atoms with Crippen LogP contribution in [0.2, 0.25) is 15.1 Å². The largest absolute Gasteiger partial charge is 0.477 e. The third-order valence-corrected chi connectivity index (χ3v) is 3.53. The lowest BCUT2D eigenvalue weighted by Crippen LogP contribution is -2.06. The Bertz CT molecular complexity index is 662. The lowest BCUT2D eigenvalue weighted by molar-refractivity contribution is 0.0690. The molecule has 2 aromatic rings. The number of carboxylic acid groups (broad SMARTS) is 1. The molecule has 0 radical (unpaired) electrons. The molecule has 0 spiro atoms. The van der Waals surface area contributed by atoms with Crippen molar-refractivity contribution in [2.45, 2.75) is 6.54 Å². The topological polar surface area (TPSA) is 62.2 Å². The van der Waals surface area contributed by atoms with Gasteiger partial charge in [-0.05, 0) is 24.3 Å². The second-order valence-electron chi connectivity index (χ2n) is 3.92. The van der Waals surface area contributed by atoms with E-state index in [0.717, 1.165) is 0 Å². The highest BCUT2D eigenvalue weighted by molar-refractivity contribution is 6.44. The van der Waals surface area contributed by atoms with Crippen molar-refractivity contribution in [2.75, 3.05) is 5.32 Å². The summed E-state index contributed by atoms with van der Waals surface area (Å²) >= 11 is 17.8. The predicted molar refractivity (Wildman–Crippen MR) is 80.0 cm³/mol. The van der Waals surface area contributed by atoms with Gasteiger partial charge in [0.25, 0.3) is 0 Å². The molecule has 0 unspecified atom stereocenters. The molecule has 0 saturated carbocycles. The fourth-order valence-electron chi connectivity index (χ4n) is 1.54. The van der Waals surface area contributed by atoms with Crippen molar-refractivity contribution in [3.8, 4) is 0 Å². The number of pyridine rings is 1. The Balaban J connectivity index is 2.15. The minimum absolute atomic E-state index is 0.00969. The number of carbonyl (C=O) groups is 1. The normalized spacial score (nSPS) is 10.3. The predicted octanol–water partition coefficient (Wildman–Crippen LogP) is 4.35. The third kappa shape index (κ3) is 3.54. The van der Waals surface area contributed by atoms with Crippen molar-refractivity contribution in [2.24, 2.45) is 0 Å². The maximum absolute atomic E-state index is 10.8. The van der Waals surface area contributed by atoms with Crippen molar-refractivity contribution in [3.63, 3.8) is 0 Å². The van der Waals surface area contributed by atoms with Crippen LogP contribution in [0.25, 0.3) is 0 Å². The van der Waals surface area contributed by atoms with E-state index in [1.54, 1.807) is 18.2 Å². The van der Waals surface area contributed by atoms with Crippen molar-refractivity contribution >= 4 is 46.5 Å². The van der Waals surface area contributed by atoms with Gasteiger partial charge in [-0.25, -0.2) is 9.78 Å². The average Bonchev–Trinajstić information content (AvgIpc) is 2.41. The summed E-state index contributed by atoms with van der Waals surface area (Å²) in [6.45, 7) is 0.318. The van der Waals surface area contributed by atoms with E-state index in [9.17, 15) is 4.79 Å². The van der Waals surface area contributed by atoms with Crippen LogP contribution in [-0.4, -0.2) is 16.1 Å². The summed E-state index contributed by atoms with van der Waals surface area (Å²) in [5.41, 5.74) is 1.17. The van der Waals surface area contributed by atoms with Gasteiger partial charge >= 0.3 is 5.97 Å². The van der Waals surface area contributed by atoms with E-state index in [1.807, 2.05) is 0 Å². The second kappa shape index (κ2) is 6.31. The summed E-state index contributed by atoms with van der Waals surface area (Å²) in [5.74, 6) is -1.07. The minimum Gasteiger partial charge on any atom is -0.477 e. The number of rotatable bonds is 4. The summed E-state index contributed by atoms with van der Waals surface area (Å²) in [6, 6.07) is 7.91. The molecule has 4 nitrogen and oxygen atoms in total. The number of hydrogen-bond donors (Lipinski definition) is 2. The number of halogens is 3. The first kappa shape index (κ1) is 14.9. The van der Waals surface area contributed by atoms with Crippen LogP contribution in [0, 0.1) is 0 Å². The van der Waals surface area contributed by atoms with Gasteiger partial charge in [-0.1, -0.05) is 40.9 Å². The van der Waals surface area contributed by atoms with E-state index in [4.69, 9.17) is 39.9 Å². The van der Waals surface area contributed by atoms with Crippen molar-refractivity contribution in [1.29, 1.82) is 0 Å². The Labute approximate surface area is 130 Å². The number of aromatic carboxylic acids is 1. The monoisotopic (exact) mass is 330 g/mol. The molecule has 0 aliphatic rings. The molecule has 20 heavy (non-hydrogen) atoms. The molecule has 7 heteroatoms. The maximum Gasteiger partial charge on any atom is 0.354 e. The van der Waals surface area contributed by atoms with Crippen LogP contribution in [-0.2, 0) is 6.54 Å². The van der Waals surface area contributed by atoms with Gasteiger partial charge in [0.1, 0.15) is 5.69 Å². The molecule has 1 aromatic carbocycles. The average molecular weight is 332 g/mol. The Kier molecular flexibility index (Phi) is 4.70. The molecule has 0 atom stereocenters. The summed E-state index contributed by atoms with van der Waals surface area (Å²) in [7, 11) is 0. The molecular weight excluding hydrogens is 323 g/mol. The number of nitrogens with zero attached hydrogens (tertiary/aromatic N) is 1. The number of benzene rings is 1. The molecular formula is C13H9Cl3N2O2. The van der Waals surface area contributed by atoms with Crippen LogP contribution in [0.4, 0.5) is 5.69 Å². The smallest absolute Gasteiger partial charge is 0.354 e. The Morgan fingerprint density at radius 2 is 1.85 bits per heavy atom. The summed E-state index contributed by atoms with van der Waals surface area (Å²) in [6.07, 6.45) is 0. The standard InChI is InChI=1S/C13H9Cl3N2O2/c14-8-4-10(16)12(5-9(8)15)17-6-7-2-1-3-11(18-7)13(19)20/h1-5,17H,6H2,(H,19,20). The molecule has 0 aliphatic carbocycles. The van der Waals surface area contributed by atoms with Crippen molar-refractivity contribution < 1.29 is 9.90 Å². The summed E-state index contributed by atoms with van der Waals surface area (Å²) in [4.78, 5) is 14.8. The molecule has 2 N–H and O–H groups in total. The van der Waals surface area contributed by atoms with E-state index >= 15 is 0 Å². The zero-order valence-electron chi connectivity index (χ0n) is 10.0. The van der Waals surface area contributed by atoms with Gasteiger partial charge < -0.3 is 10.4 Å². The zero-order valence-corrected chi connectivity index (χ0v) is 12.3. The van der Waals surface area contributed by atoms with Crippen LogP contribution < -0.4 is 5.32 Å². The zero-order chi connectivity index (χ0) is 14.7. The SMILES string of the molecule is O=C(O)c1cccc(CNc2cc(Cl)c(Cl)cc2Cl)n1. The van der Waals surface area contributed by atoms with E-state index < -0.39 is 5.97 Å². The maximum atomic E-state index is 10.8.